The second kappa shape index (κ2) is 12.2. The lowest BCUT2D eigenvalue weighted by atomic mass is 9.79. The van der Waals surface area contributed by atoms with Crippen LogP contribution in [0, 0.1) is 5.41 Å². The number of methoxy groups -OCH3 is 1. The summed E-state index contributed by atoms with van der Waals surface area (Å²) < 4.78 is 38.8. The minimum Gasteiger partial charge on any atom is -0.497 e. The molecule has 36 heavy (non-hydrogen) atoms. The summed E-state index contributed by atoms with van der Waals surface area (Å²) in [6.07, 6.45) is 7.40. The number of hydrogen-bond acceptors (Lipinski definition) is 7. The molecule has 1 aliphatic rings. The quantitative estimate of drug-likeness (QED) is 0.323. The van der Waals surface area contributed by atoms with Gasteiger partial charge in [0.15, 0.2) is 16.4 Å². The van der Waals surface area contributed by atoms with Gasteiger partial charge in [-0.15, -0.1) is 11.8 Å². The van der Waals surface area contributed by atoms with E-state index in [0.717, 1.165) is 50.0 Å². The van der Waals surface area contributed by atoms with Gasteiger partial charge in [0.25, 0.3) is 0 Å². The first-order valence-corrected chi connectivity index (χ1v) is 15.3. The lowest BCUT2D eigenvalue weighted by Crippen LogP contribution is -2.38. The zero-order chi connectivity index (χ0) is 26.3. The summed E-state index contributed by atoms with van der Waals surface area (Å²) in [5.74, 6) is -0.0577. The highest BCUT2D eigenvalue weighted by Crippen LogP contribution is 2.48. The molecule has 1 N–H and O–H groups in total. The van der Waals surface area contributed by atoms with Gasteiger partial charge in [0, 0.05) is 23.7 Å². The Bertz CT molecular complexity index is 1140. The third kappa shape index (κ3) is 6.48. The maximum atomic E-state index is 14.0. The number of carbonyl (C=O) groups is 1. The number of unbranched alkanes of at least 4 members (excludes halogenated alkanes) is 2. The number of fused-ring (bicyclic) bond motifs is 1. The molecule has 2 aromatic carbocycles. The van der Waals surface area contributed by atoms with Gasteiger partial charge in [-0.3, -0.25) is 0 Å². The Hall–Kier alpha value is -2.39. The third-order valence-electron chi connectivity index (χ3n) is 6.72. The van der Waals surface area contributed by atoms with Gasteiger partial charge in [0.1, 0.15) is 11.5 Å². The van der Waals surface area contributed by atoms with Gasteiger partial charge in [0.2, 0.25) is 0 Å². The van der Waals surface area contributed by atoms with E-state index in [1.165, 1.54) is 17.8 Å². The fraction of sp³-hybridized carbons (Fsp3) is 0.519. The average Bonchev–Trinajstić information content (AvgIpc) is 2.96. The summed E-state index contributed by atoms with van der Waals surface area (Å²) in [5, 5.41) is 9.12. The van der Waals surface area contributed by atoms with E-state index in [9.17, 15) is 13.2 Å². The molecular weight excluding hydrogens is 498 g/mol. The minimum atomic E-state index is -3.69. The molecule has 7 nitrogen and oxygen atoms in total. The minimum absolute atomic E-state index is 0.0522. The first-order chi connectivity index (χ1) is 17.2. The van der Waals surface area contributed by atoms with Crippen molar-refractivity contribution in [3.63, 3.8) is 0 Å². The Labute approximate surface area is 219 Å². The van der Waals surface area contributed by atoms with Crippen LogP contribution in [-0.2, 0) is 14.6 Å². The van der Waals surface area contributed by atoms with Crippen molar-refractivity contribution in [2.45, 2.75) is 62.2 Å². The zero-order valence-corrected chi connectivity index (χ0v) is 23.2. The summed E-state index contributed by atoms with van der Waals surface area (Å²) >= 11 is 1.40. The molecule has 0 radical (unpaired) electrons. The number of benzene rings is 2. The monoisotopic (exact) mass is 535 g/mol. The summed E-state index contributed by atoms with van der Waals surface area (Å²) in [6.45, 7) is 4.30. The zero-order valence-electron chi connectivity index (χ0n) is 21.6. The number of ether oxygens (including phenoxy) is 2. The van der Waals surface area contributed by atoms with E-state index >= 15 is 0 Å². The first kappa shape index (κ1) is 28.2. The predicted octanol–water partition coefficient (Wildman–Crippen LogP) is 6.17. The van der Waals surface area contributed by atoms with Gasteiger partial charge >= 0.3 is 5.97 Å². The van der Waals surface area contributed by atoms with E-state index in [-0.39, 0.29) is 16.4 Å². The molecule has 0 atom stereocenters. The molecule has 0 saturated carbocycles. The van der Waals surface area contributed by atoms with Crippen LogP contribution in [0.4, 0.5) is 11.4 Å². The Morgan fingerprint density at radius 2 is 1.75 bits per heavy atom. The molecule has 0 bridgehead atoms. The summed E-state index contributed by atoms with van der Waals surface area (Å²) in [7, 11) is -2.07. The third-order valence-corrected chi connectivity index (χ3v) is 9.47. The molecule has 198 valence electrons. The SMILES string of the molecule is CCCCC1(CCCC)CN(c2ccc(OC)cc2)c2cc(SC)c(OCC(=O)O)cc2S(=O)(=O)C1. The van der Waals surface area contributed by atoms with Gasteiger partial charge in [-0.05, 0) is 49.4 Å². The Morgan fingerprint density at radius 3 is 2.28 bits per heavy atom. The van der Waals surface area contributed by atoms with Crippen LogP contribution in [0.5, 0.6) is 11.5 Å². The standard InChI is InChI=1S/C27H37NO6S2/c1-5-7-13-27(14-8-6-2)18-28(20-9-11-21(33-3)12-10-20)22-15-24(35-4)23(34-17-26(29)30)16-25(22)36(31,32)19-27/h9-12,15-16H,5-8,13-14,17-19H2,1-4H3,(H,29,30). The molecule has 1 aliphatic heterocycles. The van der Waals surface area contributed by atoms with E-state index in [1.807, 2.05) is 36.6 Å². The summed E-state index contributed by atoms with van der Waals surface area (Å²) in [5.41, 5.74) is 1.07. The van der Waals surface area contributed by atoms with Gasteiger partial charge < -0.3 is 19.5 Å². The molecule has 0 fully saturated rings. The van der Waals surface area contributed by atoms with E-state index in [4.69, 9.17) is 14.6 Å². The predicted molar refractivity (Wildman–Crippen MR) is 145 cm³/mol. The van der Waals surface area contributed by atoms with Crippen molar-refractivity contribution in [2.24, 2.45) is 5.41 Å². The van der Waals surface area contributed by atoms with Gasteiger partial charge in [-0.2, -0.15) is 0 Å². The van der Waals surface area contributed by atoms with Crippen LogP contribution < -0.4 is 14.4 Å². The maximum Gasteiger partial charge on any atom is 0.341 e. The summed E-state index contributed by atoms with van der Waals surface area (Å²) in [4.78, 5) is 14.1. The lowest BCUT2D eigenvalue weighted by Gasteiger charge is -2.37. The molecule has 3 rings (SSSR count). The molecule has 0 spiro atoms. The number of carboxylic acid groups (broad SMARTS) is 1. The Morgan fingerprint density at radius 1 is 1.11 bits per heavy atom. The molecule has 0 aromatic heterocycles. The molecule has 2 aromatic rings. The topological polar surface area (TPSA) is 93.1 Å². The molecule has 0 aliphatic carbocycles. The largest absolute Gasteiger partial charge is 0.497 e. The average molecular weight is 536 g/mol. The highest BCUT2D eigenvalue weighted by Gasteiger charge is 2.42. The van der Waals surface area contributed by atoms with E-state index in [1.54, 1.807) is 7.11 Å². The molecule has 1 heterocycles. The van der Waals surface area contributed by atoms with Crippen molar-refractivity contribution in [3.05, 3.63) is 36.4 Å². The van der Waals surface area contributed by atoms with E-state index in [2.05, 4.69) is 18.7 Å². The van der Waals surface area contributed by atoms with Crippen LogP contribution in [-0.4, -0.2) is 51.8 Å². The number of carboxylic acids is 1. The maximum absolute atomic E-state index is 14.0. The van der Waals surface area contributed by atoms with Crippen LogP contribution >= 0.6 is 11.8 Å². The van der Waals surface area contributed by atoms with E-state index in [0.29, 0.717) is 17.1 Å². The van der Waals surface area contributed by atoms with E-state index < -0.39 is 27.8 Å². The number of sulfone groups is 1. The number of thioether (sulfide) groups is 1. The van der Waals surface area contributed by atoms with Gasteiger partial charge in [0.05, 0.1) is 28.3 Å². The number of nitrogens with zero attached hydrogens (tertiary/aromatic N) is 1. The highest BCUT2D eigenvalue weighted by atomic mass is 32.2. The molecular formula is C27H37NO6S2. The van der Waals surface area contributed by atoms with Crippen molar-refractivity contribution in [1.29, 1.82) is 0 Å². The summed E-state index contributed by atoms with van der Waals surface area (Å²) in [6, 6.07) is 11.0. The fourth-order valence-electron chi connectivity index (χ4n) is 4.87. The Kier molecular flexibility index (Phi) is 9.58. The second-order valence-electron chi connectivity index (χ2n) is 9.40. The van der Waals surface area contributed by atoms with Crippen LogP contribution in [0.15, 0.2) is 46.2 Å². The molecule has 0 amide bonds. The van der Waals surface area contributed by atoms with Gasteiger partial charge in [-0.25, -0.2) is 13.2 Å². The number of hydrogen-bond donors (Lipinski definition) is 1. The normalized spacial score (nSPS) is 16.2. The lowest BCUT2D eigenvalue weighted by molar-refractivity contribution is -0.139. The number of aliphatic carboxylic acids is 1. The molecule has 0 unspecified atom stereocenters. The first-order valence-electron chi connectivity index (χ1n) is 12.4. The molecule has 0 saturated heterocycles. The second-order valence-corrected chi connectivity index (χ2v) is 12.2. The highest BCUT2D eigenvalue weighted by molar-refractivity contribution is 7.98. The van der Waals surface area contributed by atoms with Crippen LogP contribution in [0.2, 0.25) is 0 Å². The van der Waals surface area contributed by atoms with Crippen molar-refractivity contribution in [2.75, 3.05) is 37.2 Å². The van der Waals surface area contributed by atoms with Crippen LogP contribution in [0.25, 0.3) is 0 Å². The number of rotatable bonds is 12. The van der Waals surface area contributed by atoms with Crippen LogP contribution in [0.1, 0.15) is 52.4 Å². The smallest absolute Gasteiger partial charge is 0.341 e. The van der Waals surface area contributed by atoms with Crippen molar-refractivity contribution in [1.82, 2.24) is 0 Å². The van der Waals surface area contributed by atoms with Crippen molar-refractivity contribution >= 4 is 38.9 Å². The Balaban J connectivity index is 2.24. The number of anilines is 2. The van der Waals surface area contributed by atoms with Gasteiger partial charge in [-0.1, -0.05) is 39.5 Å². The van der Waals surface area contributed by atoms with Crippen molar-refractivity contribution < 1.29 is 27.8 Å². The van der Waals surface area contributed by atoms with Crippen molar-refractivity contribution in [3.8, 4) is 11.5 Å². The molecule has 9 heteroatoms. The van der Waals surface area contributed by atoms with Crippen LogP contribution in [0.3, 0.4) is 0 Å². The fourth-order valence-corrected chi connectivity index (χ4v) is 7.54.